The zero-order chi connectivity index (χ0) is 22.3. The Balaban J connectivity index is 0.00000306. The van der Waals surface area contributed by atoms with Crippen LogP contribution in [0.3, 0.4) is 0 Å². The van der Waals surface area contributed by atoms with Crippen LogP contribution < -0.4 is 10.1 Å². The molecule has 0 radical (unpaired) electrons. The third kappa shape index (κ3) is 6.53. The molecule has 33 heavy (non-hydrogen) atoms. The van der Waals surface area contributed by atoms with Gasteiger partial charge in [-0.1, -0.05) is 36.4 Å². The highest BCUT2D eigenvalue weighted by Crippen LogP contribution is 2.31. The number of aliphatic imine (C=N–C) groups is 1. The smallest absolute Gasteiger partial charge is 0.193 e. The van der Waals surface area contributed by atoms with Crippen molar-refractivity contribution in [3.8, 4) is 11.5 Å². The summed E-state index contributed by atoms with van der Waals surface area (Å²) in [6.07, 6.45) is 4.48. The fraction of sp³-hybridized carbons (Fsp3) is 0.500. The average molecular weight is 565 g/mol. The zero-order valence-electron chi connectivity index (χ0n) is 19.7. The Morgan fingerprint density at radius 2 is 1.97 bits per heavy atom. The second-order valence-electron chi connectivity index (χ2n) is 8.88. The van der Waals surface area contributed by atoms with E-state index >= 15 is 0 Å². The summed E-state index contributed by atoms with van der Waals surface area (Å²) >= 11 is 0. The van der Waals surface area contributed by atoms with Crippen LogP contribution >= 0.6 is 24.0 Å². The fourth-order valence-electron chi connectivity index (χ4n) is 5.24. The lowest BCUT2D eigenvalue weighted by Crippen LogP contribution is -2.56. The summed E-state index contributed by atoms with van der Waals surface area (Å²) in [4.78, 5) is 9.67. The number of hydrogen-bond donors (Lipinski definition) is 2. The maximum Gasteiger partial charge on any atom is 0.193 e. The van der Waals surface area contributed by atoms with Gasteiger partial charge in [0.2, 0.25) is 0 Å². The van der Waals surface area contributed by atoms with Crippen LogP contribution in [0, 0.1) is 5.92 Å². The van der Waals surface area contributed by atoms with Gasteiger partial charge < -0.3 is 20.1 Å². The number of halogens is 1. The topological polar surface area (TPSA) is 60.3 Å². The highest BCUT2D eigenvalue weighted by atomic mass is 127. The standard InChI is InChI=1S/C26H36N4O2.HI/c1-27-26(28-14-12-21-10-11-23(32-2)17-25(21)31)30-16-13-24-22(19-30)9-6-15-29(24)18-20-7-4-3-5-8-20;/h3-5,7-8,10-11,17,22,24,31H,6,9,12-16,18-19H2,1-2H3,(H,27,28);1H. The van der Waals surface area contributed by atoms with Crippen LogP contribution in [0.2, 0.25) is 0 Å². The van der Waals surface area contributed by atoms with Gasteiger partial charge in [-0.15, -0.1) is 24.0 Å². The molecule has 6 nitrogen and oxygen atoms in total. The SMILES string of the molecule is CN=C(NCCc1ccc(OC)cc1O)N1CCC2C(CCCN2Cc2ccccc2)C1.I. The number of rotatable bonds is 6. The lowest BCUT2D eigenvalue weighted by molar-refractivity contribution is 0.0373. The highest BCUT2D eigenvalue weighted by molar-refractivity contribution is 14.0. The van der Waals surface area contributed by atoms with Crippen LogP contribution in [0.25, 0.3) is 0 Å². The zero-order valence-corrected chi connectivity index (χ0v) is 22.1. The van der Waals surface area contributed by atoms with Crippen molar-refractivity contribution < 1.29 is 9.84 Å². The molecule has 2 aliphatic heterocycles. The van der Waals surface area contributed by atoms with E-state index < -0.39 is 0 Å². The number of piperidine rings is 2. The Morgan fingerprint density at radius 3 is 2.70 bits per heavy atom. The molecule has 2 saturated heterocycles. The number of guanidine groups is 1. The van der Waals surface area contributed by atoms with E-state index in [0.29, 0.717) is 17.7 Å². The largest absolute Gasteiger partial charge is 0.508 e. The Morgan fingerprint density at radius 1 is 1.15 bits per heavy atom. The molecular formula is C26H37IN4O2. The number of benzene rings is 2. The number of phenolic OH excluding ortho intramolecular Hbond substituents is 1. The Labute approximate surface area is 215 Å². The van der Waals surface area contributed by atoms with Crippen LogP contribution in [-0.4, -0.2) is 67.2 Å². The van der Waals surface area contributed by atoms with Gasteiger partial charge in [-0.2, -0.15) is 0 Å². The number of hydrogen-bond acceptors (Lipinski definition) is 4. The highest BCUT2D eigenvalue weighted by Gasteiger charge is 2.36. The molecule has 4 rings (SSSR count). The second kappa shape index (κ2) is 12.5. The van der Waals surface area contributed by atoms with Crippen molar-refractivity contribution in [3.63, 3.8) is 0 Å². The van der Waals surface area contributed by atoms with Crippen LogP contribution in [0.15, 0.2) is 53.5 Å². The Hall–Kier alpha value is -2.00. The van der Waals surface area contributed by atoms with Crippen LogP contribution in [0.1, 0.15) is 30.4 Å². The molecule has 2 unspecified atom stereocenters. The number of likely N-dealkylation sites (tertiary alicyclic amines) is 2. The molecule has 7 heteroatoms. The van der Waals surface area contributed by atoms with E-state index in [0.717, 1.165) is 44.1 Å². The van der Waals surface area contributed by atoms with Crippen LogP contribution in [0.5, 0.6) is 11.5 Å². The number of fused-ring (bicyclic) bond motifs is 1. The summed E-state index contributed by atoms with van der Waals surface area (Å²) < 4.78 is 5.17. The molecule has 0 amide bonds. The van der Waals surface area contributed by atoms with Gasteiger partial charge in [0.25, 0.3) is 0 Å². The first-order chi connectivity index (χ1) is 15.7. The normalized spacial score (nSPS) is 21.2. The lowest BCUT2D eigenvalue weighted by atomic mass is 9.83. The van der Waals surface area contributed by atoms with E-state index in [1.165, 1.54) is 31.4 Å². The number of phenols is 1. The molecule has 2 aromatic rings. The quantitative estimate of drug-likeness (QED) is 0.314. The monoisotopic (exact) mass is 564 g/mol. The van der Waals surface area contributed by atoms with Crippen molar-refractivity contribution >= 4 is 29.9 Å². The molecule has 180 valence electrons. The minimum absolute atomic E-state index is 0. The van der Waals surface area contributed by atoms with E-state index in [9.17, 15) is 5.11 Å². The van der Waals surface area contributed by atoms with Gasteiger partial charge in [0.1, 0.15) is 11.5 Å². The molecule has 0 saturated carbocycles. The average Bonchev–Trinajstić information content (AvgIpc) is 2.83. The summed E-state index contributed by atoms with van der Waals surface area (Å²) in [6, 6.07) is 17.0. The number of methoxy groups -OCH3 is 1. The van der Waals surface area contributed by atoms with E-state index in [2.05, 4.69) is 50.4 Å². The molecule has 2 heterocycles. The summed E-state index contributed by atoms with van der Waals surface area (Å²) in [7, 11) is 3.47. The predicted molar refractivity (Wildman–Crippen MR) is 145 cm³/mol. The molecule has 0 aliphatic carbocycles. The number of ether oxygens (including phenoxy) is 1. The van der Waals surface area contributed by atoms with Gasteiger partial charge >= 0.3 is 0 Å². The molecule has 2 fully saturated rings. The molecule has 2 aliphatic rings. The van der Waals surface area contributed by atoms with E-state index in [4.69, 9.17) is 4.74 Å². The molecule has 0 spiro atoms. The van der Waals surface area contributed by atoms with E-state index in [1.807, 2.05) is 19.2 Å². The maximum atomic E-state index is 10.2. The molecule has 0 aromatic heterocycles. The Bertz CT molecular complexity index is 908. The van der Waals surface area contributed by atoms with Gasteiger partial charge in [0, 0.05) is 45.3 Å². The van der Waals surface area contributed by atoms with E-state index in [1.54, 1.807) is 13.2 Å². The molecule has 0 bridgehead atoms. The molecule has 2 aromatic carbocycles. The second-order valence-corrected chi connectivity index (χ2v) is 8.88. The maximum absolute atomic E-state index is 10.2. The molecular weight excluding hydrogens is 527 g/mol. The third-order valence-corrected chi connectivity index (χ3v) is 6.89. The summed E-state index contributed by atoms with van der Waals surface area (Å²) in [5.74, 6) is 2.61. The first-order valence-corrected chi connectivity index (χ1v) is 11.8. The van der Waals surface area contributed by atoms with Crippen molar-refractivity contribution in [2.45, 2.75) is 38.3 Å². The van der Waals surface area contributed by atoms with E-state index in [-0.39, 0.29) is 29.7 Å². The first kappa shape index (κ1) is 25.6. The lowest BCUT2D eigenvalue weighted by Gasteiger charge is -2.48. The van der Waals surface area contributed by atoms with Crippen LogP contribution in [0.4, 0.5) is 0 Å². The summed E-state index contributed by atoms with van der Waals surface area (Å²) in [6.45, 7) is 5.08. The van der Waals surface area contributed by atoms with Gasteiger partial charge in [0.15, 0.2) is 5.96 Å². The fourth-order valence-corrected chi connectivity index (χ4v) is 5.24. The first-order valence-electron chi connectivity index (χ1n) is 11.8. The van der Waals surface area contributed by atoms with Crippen molar-refractivity contribution in [2.75, 3.05) is 40.3 Å². The number of aromatic hydroxyl groups is 1. The minimum Gasteiger partial charge on any atom is -0.508 e. The number of nitrogens with zero attached hydrogens (tertiary/aromatic N) is 3. The van der Waals surface area contributed by atoms with Gasteiger partial charge in [-0.25, -0.2) is 0 Å². The van der Waals surface area contributed by atoms with Crippen molar-refractivity contribution in [1.29, 1.82) is 0 Å². The van der Waals surface area contributed by atoms with Crippen molar-refractivity contribution in [1.82, 2.24) is 15.1 Å². The van der Waals surface area contributed by atoms with Crippen molar-refractivity contribution in [3.05, 3.63) is 59.7 Å². The van der Waals surface area contributed by atoms with Gasteiger partial charge in [0.05, 0.1) is 7.11 Å². The third-order valence-electron chi connectivity index (χ3n) is 6.89. The minimum atomic E-state index is 0. The van der Waals surface area contributed by atoms with Crippen LogP contribution in [-0.2, 0) is 13.0 Å². The molecule has 2 N–H and O–H groups in total. The summed E-state index contributed by atoms with van der Waals surface area (Å²) in [5.41, 5.74) is 2.33. The predicted octanol–water partition coefficient (Wildman–Crippen LogP) is 4.12. The van der Waals surface area contributed by atoms with Gasteiger partial charge in [-0.3, -0.25) is 9.89 Å². The van der Waals surface area contributed by atoms with Gasteiger partial charge in [-0.05, 0) is 55.3 Å². The van der Waals surface area contributed by atoms with Crippen molar-refractivity contribution in [2.24, 2.45) is 10.9 Å². The Kier molecular flexibility index (Phi) is 9.67. The molecule has 2 atom stereocenters. The summed E-state index contributed by atoms with van der Waals surface area (Å²) in [5, 5.41) is 13.7. The number of nitrogens with one attached hydrogen (secondary N) is 1.